The van der Waals surface area contributed by atoms with E-state index in [0.717, 1.165) is 11.1 Å². The number of aromatic nitrogens is 1. The lowest BCUT2D eigenvalue weighted by atomic mass is 10.2. The fourth-order valence-electron chi connectivity index (χ4n) is 1.02. The van der Waals surface area contributed by atoms with Crippen LogP contribution >= 0.6 is 0 Å². The van der Waals surface area contributed by atoms with Gasteiger partial charge in [0.2, 0.25) is 0 Å². The molecule has 1 aromatic rings. The van der Waals surface area contributed by atoms with E-state index in [9.17, 15) is 0 Å². The molecule has 64 valence electrons. The molecular weight excluding hydrogens is 150 g/mol. The number of hydrazine groups is 1. The molecule has 0 aliphatic heterocycles. The van der Waals surface area contributed by atoms with E-state index in [0.29, 0.717) is 5.82 Å². The van der Waals surface area contributed by atoms with Gasteiger partial charge in [0.1, 0.15) is 5.82 Å². The molecule has 0 aliphatic carbocycles. The fraction of sp³-hybridized carbons (Fsp3) is 0.222. The minimum absolute atomic E-state index is 0.707. The zero-order valence-electron chi connectivity index (χ0n) is 7.33. The third-order valence-corrected chi connectivity index (χ3v) is 1.54. The van der Waals surface area contributed by atoms with Crippen LogP contribution < -0.4 is 11.3 Å². The van der Waals surface area contributed by atoms with Crippen LogP contribution in [0.5, 0.6) is 0 Å². The Balaban J connectivity index is 3.12. The van der Waals surface area contributed by atoms with Crippen molar-refractivity contribution in [2.24, 2.45) is 5.84 Å². The Hall–Kier alpha value is -1.35. The number of nitrogens with two attached hydrogens (primary N) is 1. The van der Waals surface area contributed by atoms with E-state index in [1.54, 1.807) is 6.20 Å². The number of nitrogens with one attached hydrogen (secondary N) is 1. The van der Waals surface area contributed by atoms with E-state index in [1.165, 1.54) is 0 Å². The molecule has 0 fully saturated rings. The second kappa shape index (κ2) is 3.88. The van der Waals surface area contributed by atoms with Crippen molar-refractivity contribution in [2.75, 3.05) is 5.43 Å². The van der Waals surface area contributed by atoms with E-state index in [2.05, 4.69) is 10.4 Å². The normalized spacial score (nSPS) is 10.6. The molecule has 0 saturated carbocycles. The van der Waals surface area contributed by atoms with Gasteiger partial charge < -0.3 is 5.43 Å². The summed E-state index contributed by atoms with van der Waals surface area (Å²) in [6.45, 7) is 3.96. The minimum Gasteiger partial charge on any atom is -0.308 e. The van der Waals surface area contributed by atoms with Gasteiger partial charge in [-0.2, -0.15) is 0 Å². The lowest BCUT2D eigenvalue weighted by molar-refractivity contribution is 1.19. The molecule has 0 unspecified atom stereocenters. The summed E-state index contributed by atoms with van der Waals surface area (Å²) in [5, 5.41) is 0. The Kier molecular flexibility index (Phi) is 2.82. The summed E-state index contributed by atoms with van der Waals surface area (Å²) in [5.41, 5.74) is 4.69. The first-order valence-corrected chi connectivity index (χ1v) is 3.84. The number of allylic oxidation sites excluding steroid dienone is 1. The van der Waals surface area contributed by atoms with Gasteiger partial charge in [-0.05, 0) is 25.5 Å². The molecule has 0 amide bonds. The summed E-state index contributed by atoms with van der Waals surface area (Å²) >= 11 is 0. The molecule has 0 bridgehead atoms. The smallest absolute Gasteiger partial charge is 0.147 e. The van der Waals surface area contributed by atoms with Gasteiger partial charge in [0, 0.05) is 11.8 Å². The predicted octanol–water partition coefficient (Wildman–Crippen LogP) is 1.71. The van der Waals surface area contributed by atoms with Crippen LogP contribution in [0.15, 0.2) is 18.3 Å². The second-order valence-corrected chi connectivity index (χ2v) is 2.59. The standard InChI is InChI=1S/C9H13N3/c1-3-4-8-5-7(2)6-11-9(8)12-10/h3-6H,10H2,1-2H3,(H,11,12)/b4-3-. The van der Waals surface area contributed by atoms with Gasteiger partial charge in [0.25, 0.3) is 0 Å². The van der Waals surface area contributed by atoms with Crippen molar-refractivity contribution in [3.05, 3.63) is 29.5 Å². The van der Waals surface area contributed by atoms with Crippen molar-refractivity contribution in [3.8, 4) is 0 Å². The van der Waals surface area contributed by atoms with Gasteiger partial charge in [0.05, 0.1) is 0 Å². The average Bonchev–Trinajstić information content (AvgIpc) is 2.05. The Bertz CT molecular complexity index is 292. The van der Waals surface area contributed by atoms with Crippen molar-refractivity contribution in [3.63, 3.8) is 0 Å². The van der Waals surface area contributed by atoms with Gasteiger partial charge >= 0.3 is 0 Å². The van der Waals surface area contributed by atoms with Crippen molar-refractivity contribution < 1.29 is 0 Å². The van der Waals surface area contributed by atoms with Crippen LogP contribution in [0.1, 0.15) is 18.1 Å². The quantitative estimate of drug-likeness (QED) is 0.515. The number of rotatable bonds is 2. The molecule has 0 atom stereocenters. The maximum Gasteiger partial charge on any atom is 0.147 e. The van der Waals surface area contributed by atoms with Crippen molar-refractivity contribution in [1.29, 1.82) is 0 Å². The molecule has 0 spiro atoms. The van der Waals surface area contributed by atoms with Crippen LogP contribution in [0.2, 0.25) is 0 Å². The van der Waals surface area contributed by atoms with Gasteiger partial charge in [-0.1, -0.05) is 12.2 Å². The molecule has 12 heavy (non-hydrogen) atoms. The number of pyridine rings is 1. The highest BCUT2D eigenvalue weighted by atomic mass is 15.2. The SMILES string of the molecule is C/C=C\c1cc(C)cnc1NN. The van der Waals surface area contributed by atoms with Gasteiger partial charge in [-0.15, -0.1) is 0 Å². The molecule has 3 nitrogen and oxygen atoms in total. The lowest BCUT2D eigenvalue weighted by Crippen LogP contribution is -2.09. The van der Waals surface area contributed by atoms with Gasteiger partial charge in [-0.25, -0.2) is 10.8 Å². The first-order valence-electron chi connectivity index (χ1n) is 3.84. The highest BCUT2D eigenvalue weighted by Crippen LogP contribution is 2.13. The largest absolute Gasteiger partial charge is 0.308 e. The Labute approximate surface area is 72.3 Å². The Morgan fingerprint density at radius 3 is 2.92 bits per heavy atom. The number of hydrogen-bond donors (Lipinski definition) is 2. The number of nitrogens with zero attached hydrogens (tertiary/aromatic N) is 1. The highest BCUT2D eigenvalue weighted by molar-refractivity contribution is 5.62. The summed E-state index contributed by atoms with van der Waals surface area (Å²) in [6.07, 6.45) is 5.70. The molecule has 3 N–H and O–H groups in total. The topological polar surface area (TPSA) is 50.9 Å². The third-order valence-electron chi connectivity index (χ3n) is 1.54. The average molecular weight is 163 g/mol. The van der Waals surface area contributed by atoms with E-state index >= 15 is 0 Å². The summed E-state index contributed by atoms with van der Waals surface area (Å²) in [4.78, 5) is 4.13. The maximum atomic E-state index is 5.28. The number of hydrogen-bond acceptors (Lipinski definition) is 3. The molecule has 1 heterocycles. The Morgan fingerprint density at radius 2 is 2.33 bits per heavy atom. The van der Waals surface area contributed by atoms with Crippen LogP contribution in [0.3, 0.4) is 0 Å². The second-order valence-electron chi connectivity index (χ2n) is 2.59. The highest BCUT2D eigenvalue weighted by Gasteiger charge is 1.97. The van der Waals surface area contributed by atoms with Gasteiger partial charge in [-0.3, -0.25) is 0 Å². The Morgan fingerprint density at radius 1 is 1.58 bits per heavy atom. The van der Waals surface area contributed by atoms with E-state index in [1.807, 2.05) is 32.1 Å². The van der Waals surface area contributed by atoms with Crippen LogP contribution in [0.4, 0.5) is 5.82 Å². The summed E-state index contributed by atoms with van der Waals surface area (Å²) in [7, 11) is 0. The molecule has 3 heteroatoms. The summed E-state index contributed by atoms with van der Waals surface area (Å²) in [6, 6.07) is 2.03. The van der Waals surface area contributed by atoms with Crippen molar-refractivity contribution >= 4 is 11.9 Å². The van der Waals surface area contributed by atoms with Crippen LogP contribution in [0, 0.1) is 6.92 Å². The summed E-state index contributed by atoms with van der Waals surface area (Å²) < 4.78 is 0. The van der Waals surface area contributed by atoms with Crippen LogP contribution in [-0.2, 0) is 0 Å². The predicted molar refractivity (Wildman–Crippen MR) is 51.5 cm³/mol. The number of nitrogen functional groups attached to an aromatic ring is 1. The molecule has 0 radical (unpaired) electrons. The molecular formula is C9H13N3. The van der Waals surface area contributed by atoms with Crippen molar-refractivity contribution in [1.82, 2.24) is 4.98 Å². The van der Waals surface area contributed by atoms with Crippen LogP contribution in [-0.4, -0.2) is 4.98 Å². The zero-order valence-corrected chi connectivity index (χ0v) is 7.33. The molecule has 0 aliphatic rings. The first kappa shape index (κ1) is 8.74. The summed E-state index contributed by atoms with van der Waals surface area (Å²) in [5.74, 6) is 5.99. The molecule has 0 aromatic carbocycles. The van der Waals surface area contributed by atoms with Gasteiger partial charge in [0.15, 0.2) is 0 Å². The van der Waals surface area contributed by atoms with E-state index in [-0.39, 0.29) is 0 Å². The van der Waals surface area contributed by atoms with E-state index in [4.69, 9.17) is 5.84 Å². The molecule has 1 rings (SSSR count). The zero-order chi connectivity index (χ0) is 8.97. The van der Waals surface area contributed by atoms with Crippen LogP contribution in [0.25, 0.3) is 6.08 Å². The molecule has 1 aromatic heterocycles. The maximum absolute atomic E-state index is 5.28. The lowest BCUT2D eigenvalue weighted by Gasteiger charge is -2.03. The van der Waals surface area contributed by atoms with E-state index < -0.39 is 0 Å². The van der Waals surface area contributed by atoms with Crippen molar-refractivity contribution in [2.45, 2.75) is 13.8 Å². The fourth-order valence-corrected chi connectivity index (χ4v) is 1.02. The number of anilines is 1. The molecule has 0 saturated heterocycles. The number of aryl methyl sites for hydroxylation is 1. The minimum atomic E-state index is 0.707. The third kappa shape index (κ3) is 1.83. The first-order chi connectivity index (χ1) is 5.77. The monoisotopic (exact) mass is 163 g/mol.